The van der Waals surface area contributed by atoms with E-state index in [0.29, 0.717) is 11.4 Å². The summed E-state index contributed by atoms with van der Waals surface area (Å²) in [7, 11) is -2.63. The summed E-state index contributed by atoms with van der Waals surface area (Å²) >= 11 is 0. The smallest absolute Gasteiger partial charge is 0.289 e. The zero-order valence-electron chi connectivity index (χ0n) is 13.0. The molecule has 0 amide bonds. The first-order valence-electron chi connectivity index (χ1n) is 6.93. The average Bonchev–Trinajstić information content (AvgIpc) is 2.59. The molecule has 0 bridgehead atoms. The standard InChI is InChI=1S/C16H16N2O5S/c1-3-12-17(13-8-10-14(23-2)11-9-13)24(21,22)16-7-5-4-6-15(16)18(19)20/h3-11H,1,12H2,2H3. The van der Waals surface area contributed by atoms with Crippen LogP contribution in [0.25, 0.3) is 0 Å². The van der Waals surface area contributed by atoms with Crippen LogP contribution < -0.4 is 9.04 Å². The molecule has 8 heteroatoms. The van der Waals surface area contributed by atoms with Crippen molar-refractivity contribution in [2.75, 3.05) is 18.0 Å². The third kappa shape index (κ3) is 3.38. The van der Waals surface area contributed by atoms with Crippen LogP contribution in [0.3, 0.4) is 0 Å². The van der Waals surface area contributed by atoms with Crippen molar-refractivity contribution < 1.29 is 18.1 Å². The van der Waals surface area contributed by atoms with Crippen LogP contribution in [0.2, 0.25) is 0 Å². The van der Waals surface area contributed by atoms with E-state index in [1.165, 1.54) is 31.4 Å². The number of rotatable bonds is 7. The van der Waals surface area contributed by atoms with Crippen LogP contribution in [0.4, 0.5) is 11.4 Å². The van der Waals surface area contributed by atoms with E-state index in [4.69, 9.17) is 4.74 Å². The van der Waals surface area contributed by atoms with E-state index in [2.05, 4.69) is 6.58 Å². The number of nitro groups is 1. The Bertz CT molecular complexity index is 847. The van der Waals surface area contributed by atoms with Gasteiger partial charge in [-0.1, -0.05) is 18.2 Å². The maximum atomic E-state index is 12.9. The van der Waals surface area contributed by atoms with Gasteiger partial charge in [-0.15, -0.1) is 6.58 Å². The fourth-order valence-electron chi connectivity index (χ4n) is 2.15. The van der Waals surface area contributed by atoms with Crippen LogP contribution in [-0.2, 0) is 10.0 Å². The predicted octanol–water partition coefficient (Wildman–Crippen LogP) is 2.98. The fraction of sp³-hybridized carbons (Fsp3) is 0.125. The van der Waals surface area contributed by atoms with Gasteiger partial charge in [0.1, 0.15) is 5.75 Å². The lowest BCUT2D eigenvalue weighted by molar-refractivity contribution is -0.387. The molecule has 0 radical (unpaired) electrons. The van der Waals surface area contributed by atoms with Gasteiger partial charge in [0.05, 0.1) is 24.3 Å². The van der Waals surface area contributed by atoms with Gasteiger partial charge in [0.15, 0.2) is 4.90 Å². The summed E-state index contributed by atoms with van der Waals surface area (Å²) in [6, 6.07) is 11.6. The summed E-state index contributed by atoms with van der Waals surface area (Å²) in [5, 5.41) is 11.2. The molecule has 24 heavy (non-hydrogen) atoms. The van der Waals surface area contributed by atoms with E-state index in [1.54, 1.807) is 24.3 Å². The normalized spacial score (nSPS) is 10.9. The van der Waals surface area contributed by atoms with E-state index in [-0.39, 0.29) is 11.4 Å². The molecule has 2 aromatic rings. The van der Waals surface area contributed by atoms with E-state index in [0.717, 1.165) is 10.4 Å². The van der Waals surface area contributed by atoms with Crippen LogP contribution in [-0.4, -0.2) is 27.0 Å². The average molecular weight is 348 g/mol. The molecule has 2 aromatic carbocycles. The summed E-state index contributed by atoms with van der Waals surface area (Å²) in [6.07, 6.45) is 1.41. The third-order valence-electron chi connectivity index (χ3n) is 3.29. The highest BCUT2D eigenvalue weighted by molar-refractivity contribution is 7.93. The van der Waals surface area contributed by atoms with Gasteiger partial charge in [0, 0.05) is 6.07 Å². The second kappa shape index (κ2) is 7.14. The van der Waals surface area contributed by atoms with Crippen molar-refractivity contribution in [3.63, 3.8) is 0 Å². The van der Waals surface area contributed by atoms with E-state index in [9.17, 15) is 18.5 Å². The first-order valence-corrected chi connectivity index (χ1v) is 8.37. The molecule has 0 heterocycles. The quantitative estimate of drug-likeness (QED) is 0.436. The summed E-state index contributed by atoms with van der Waals surface area (Å²) in [6.45, 7) is 3.53. The number of nitrogens with zero attached hydrogens (tertiary/aromatic N) is 2. The highest BCUT2D eigenvalue weighted by Crippen LogP contribution is 2.30. The molecule has 0 aliphatic rings. The predicted molar refractivity (Wildman–Crippen MR) is 90.8 cm³/mol. The molecule has 0 aliphatic heterocycles. The number of benzene rings is 2. The van der Waals surface area contributed by atoms with Gasteiger partial charge in [-0.2, -0.15) is 0 Å². The first-order chi connectivity index (χ1) is 11.4. The second-order valence-corrected chi connectivity index (χ2v) is 6.58. The van der Waals surface area contributed by atoms with Gasteiger partial charge >= 0.3 is 0 Å². The van der Waals surface area contributed by atoms with E-state index < -0.39 is 20.6 Å². The molecule has 0 fully saturated rings. The Balaban J connectivity index is 2.57. The highest BCUT2D eigenvalue weighted by Gasteiger charge is 2.31. The topological polar surface area (TPSA) is 89.8 Å². The van der Waals surface area contributed by atoms with Gasteiger partial charge in [-0.3, -0.25) is 14.4 Å². The lowest BCUT2D eigenvalue weighted by atomic mass is 10.3. The van der Waals surface area contributed by atoms with Crippen molar-refractivity contribution in [3.05, 3.63) is 71.3 Å². The van der Waals surface area contributed by atoms with Crippen molar-refractivity contribution in [3.8, 4) is 5.75 Å². The zero-order chi connectivity index (χ0) is 17.7. The van der Waals surface area contributed by atoms with Crippen LogP contribution >= 0.6 is 0 Å². The fourth-order valence-corrected chi connectivity index (χ4v) is 3.75. The molecule has 0 spiro atoms. The Morgan fingerprint density at radius 1 is 1.21 bits per heavy atom. The minimum atomic E-state index is -4.13. The zero-order valence-corrected chi connectivity index (χ0v) is 13.8. The van der Waals surface area contributed by atoms with Gasteiger partial charge in [0.25, 0.3) is 15.7 Å². The minimum Gasteiger partial charge on any atom is -0.497 e. The highest BCUT2D eigenvalue weighted by atomic mass is 32.2. The monoisotopic (exact) mass is 348 g/mol. The number of anilines is 1. The van der Waals surface area contributed by atoms with Crippen molar-refractivity contribution in [2.45, 2.75) is 4.90 Å². The largest absolute Gasteiger partial charge is 0.497 e. The van der Waals surface area contributed by atoms with Gasteiger partial charge < -0.3 is 4.74 Å². The molecule has 2 rings (SSSR count). The first kappa shape index (κ1) is 17.5. The molecule has 0 saturated heterocycles. The summed E-state index contributed by atoms with van der Waals surface area (Å²) < 4.78 is 32.0. The van der Waals surface area contributed by atoms with Gasteiger partial charge in [0.2, 0.25) is 0 Å². The number of hydrogen-bond donors (Lipinski definition) is 0. The number of nitro benzene ring substituents is 1. The Hall–Kier alpha value is -2.87. The number of hydrogen-bond acceptors (Lipinski definition) is 5. The van der Waals surface area contributed by atoms with Gasteiger partial charge in [-0.25, -0.2) is 8.42 Å². The minimum absolute atomic E-state index is 0.0271. The summed E-state index contributed by atoms with van der Waals surface area (Å²) in [5.41, 5.74) is -0.117. The Morgan fingerprint density at radius 2 is 1.83 bits per heavy atom. The molecule has 0 saturated carbocycles. The molecule has 0 N–H and O–H groups in total. The Morgan fingerprint density at radius 3 is 2.38 bits per heavy atom. The van der Waals surface area contributed by atoms with Crippen molar-refractivity contribution in [1.82, 2.24) is 0 Å². The summed E-state index contributed by atoms with van der Waals surface area (Å²) in [4.78, 5) is 10.1. The number of methoxy groups -OCH3 is 1. The number of para-hydroxylation sites is 1. The lowest BCUT2D eigenvalue weighted by Crippen LogP contribution is -2.31. The van der Waals surface area contributed by atoms with Crippen LogP contribution in [0.1, 0.15) is 0 Å². The molecular formula is C16H16N2O5S. The molecular weight excluding hydrogens is 332 g/mol. The van der Waals surface area contributed by atoms with E-state index >= 15 is 0 Å². The number of sulfonamides is 1. The lowest BCUT2D eigenvalue weighted by Gasteiger charge is -2.23. The molecule has 0 aliphatic carbocycles. The van der Waals surface area contributed by atoms with Crippen molar-refractivity contribution >= 4 is 21.4 Å². The SMILES string of the molecule is C=CCN(c1ccc(OC)cc1)S(=O)(=O)c1ccccc1[N+](=O)[O-]. The van der Waals surface area contributed by atoms with Crippen molar-refractivity contribution in [1.29, 1.82) is 0 Å². The molecule has 126 valence electrons. The van der Waals surface area contributed by atoms with Crippen LogP contribution in [0.5, 0.6) is 5.75 Å². The maximum Gasteiger partial charge on any atom is 0.289 e. The Labute approximate surface area is 140 Å². The number of ether oxygens (including phenoxy) is 1. The van der Waals surface area contributed by atoms with E-state index in [1.807, 2.05) is 0 Å². The van der Waals surface area contributed by atoms with Crippen LogP contribution in [0, 0.1) is 10.1 Å². The molecule has 0 atom stereocenters. The summed E-state index contributed by atoms with van der Waals surface area (Å²) in [5.74, 6) is 0.570. The Kier molecular flexibility index (Phi) is 5.20. The second-order valence-electron chi connectivity index (χ2n) is 4.75. The van der Waals surface area contributed by atoms with Gasteiger partial charge in [-0.05, 0) is 30.3 Å². The van der Waals surface area contributed by atoms with Crippen LogP contribution in [0.15, 0.2) is 66.1 Å². The third-order valence-corrected chi connectivity index (χ3v) is 5.13. The van der Waals surface area contributed by atoms with Crippen molar-refractivity contribution in [2.24, 2.45) is 0 Å². The molecule has 0 unspecified atom stereocenters. The maximum absolute atomic E-state index is 12.9. The molecule has 0 aromatic heterocycles. The molecule has 7 nitrogen and oxygen atoms in total.